The van der Waals surface area contributed by atoms with Crippen LogP contribution in [0.2, 0.25) is 0 Å². The van der Waals surface area contributed by atoms with E-state index in [2.05, 4.69) is 9.71 Å². The van der Waals surface area contributed by atoms with E-state index in [-0.39, 0.29) is 18.1 Å². The molecule has 0 atom stereocenters. The molecule has 0 radical (unpaired) electrons. The van der Waals surface area contributed by atoms with Crippen LogP contribution >= 0.6 is 0 Å². The molecular formula is C19H20FN3O2S. The van der Waals surface area contributed by atoms with E-state index in [0.717, 1.165) is 11.1 Å². The zero-order chi connectivity index (χ0) is 18.7. The summed E-state index contributed by atoms with van der Waals surface area (Å²) in [4.78, 5) is 4.43. The lowest BCUT2D eigenvalue weighted by Gasteiger charge is -2.12. The van der Waals surface area contributed by atoms with Gasteiger partial charge in [0.2, 0.25) is 10.0 Å². The molecule has 0 saturated heterocycles. The third kappa shape index (κ3) is 3.84. The molecule has 26 heavy (non-hydrogen) atoms. The van der Waals surface area contributed by atoms with Crippen molar-refractivity contribution in [1.82, 2.24) is 14.3 Å². The number of hydrogen-bond acceptors (Lipinski definition) is 3. The molecule has 0 fully saturated rings. The molecule has 0 amide bonds. The predicted octanol–water partition coefficient (Wildman–Crippen LogP) is 3.21. The molecule has 0 spiro atoms. The van der Waals surface area contributed by atoms with Gasteiger partial charge in [0, 0.05) is 17.7 Å². The summed E-state index contributed by atoms with van der Waals surface area (Å²) in [7, 11) is -2.01. The van der Waals surface area contributed by atoms with E-state index < -0.39 is 10.0 Å². The van der Waals surface area contributed by atoms with Gasteiger partial charge in [-0.3, -0.25) is 0 Å². The first-order chi connectivity index (χ1) is 12.4. The van der Waals surface area contributed by atoms with Crippen molar-refractivity contribution in [2.75, 3.05) is 12.8 Å². The van der Waals surface area contributed by atoms with E-state index in [1.54, 1.807) is 17.0 Å². The summed E-state index contributed by atoms with van der Waals surface area (Å²) in [6, 6.07) is 14.5. The van der Waals surface area contributed by atoms with E-state index in [0.29, 0.717) is 17.0 Å². The van der Waals surface area contributed by atoms with E-state index in [1.165, 1.54) is 13.1 Å². The van der Waals surface area contributed by atoms with Crippen LogP contribution in [0.5, 0.6) is 0 Å². The van der Waals surface area contributed by atoms with Crippen molar-refractivity contribution in [3.05, 3.63) is 66.2 Å². The average molecular weight is 373 g/mol. The molecule has 0 aliphatic carbocycles. The van der Waals surface area contributed by atoms with Crippen LogP contribution in [0.1, 0.15) is 5.56 Å². The van der Waals surface area contributed by atoms with Crippen molar-refractivity contribution in [2.24, 2.45) is 0 Å². The normalized spacial score (nSPS) is 11.7. The van der Waals surface area contributed by atoms with Crippen LogP contribution in [-0.4, -0.2) is 30.8 Å². The Morgan fingerprint density at radius 2 is 1.88 bits per heavy atom. The van der Waals surface area contributed by atoms with Gasteiger partial charge in [0.1, 0.15) is 5.82 Å². The summed E-state index contributed by atoms with van der Waals surface area (Å²) >= 11 is 0. The first-order valence-electron chi connectivity index (χ1n) is 8.19. The smallest absolute Gasteiger partial charge is 0.213 e. The van der Waals surface area contributed by atoms with Crippen molar-refractivity contribution in [1.29, 1.82) is 0 Å². The lowest BCUT2D eigenvalue weighted by molar-refractivity contribution is 0.581. The van der Waals surface area contributed by atoms with E-state index in [4.69, 9.17) is 0 Å². The minimum Gasteiger partial charge on any atom is -0.329 e. The van der Waals surface area contributed by atoms with E-state index in [9.17, 15) is 12.8 Å². The Labute approximate surface area is 152 Å². The second-order valence-corrected chi connectivity index (χ2v) is 8.05. The molecule has 0 saturated carbocycles. The third-order valence-electron chi connectivity index (χ3n) is 4.18. The molecule has 0 bridgehead atoms. The molecule has 3 rings (SSSR count). The molecule has 3 aromatic rings. The Morgan fingerprint density at radius 3 is 2.54 bits per heavy atom. The van der Waals surface area contributed by atoms with Gasteiger partial charge in [-0.1, -0.05) is 36.4 Å². The molecule has 0 aliphatic rings. The highest BCUT2D eigenvalue weighted by molar-refractivity contribution is 7.89. The number of nitrogens with zero attached hydrogens (tertiary/aromatic N) is 2. The molecule has 1 N–H and O–H groups in total. The lowest BCUT2D eigenvalue weighted by atomic mass is 10.0. The monoisotopic (exact) mass is 373 g/mol. The number of aryl methyl sites for hydroxylation is 2. The van der Waals surface area contributed by atoms with Crippen molar-refractivity contribution in [3.63, 3.8) is 0 Å². The summed E-state index contributed by atoms with van der Waals surface area (Å²) in [5.74, 6) is -0.477. The number of rotatable bonds is 6. The van der Waals surface area contributed by atoms with Gasteiger partial charge in [0.25, 0.3) is 0 Å². The van der Waals surface area contributed by atoms with Gasteiger partial charge in [0.15, 0.2) is 0 Å². The Kier molecular flexibility index (Phi) is 5.20. The number of sulfonamides is 1. The minimum atomic E-state index is -3.38. The van der Waals surface area contributed by atoms with Crippen molar-refractivity contribution >= 4 is 10.0 Å². The molecule has 0 unspecified atom stereocenters. The first-order valence-corrected chi connectivity index (χ1v) is 9.85. The maximum Gasteiger partial charge on any atom is 0.213 e. The summed E-state index contributed by atoms with van der Waals surface area (Å²) in [5, 5.41) is 0. The molecule has 136 valence electrons. The highest BCUT2D eigenvalue weighted by Crippen LogP contribution is 2.33. The van der Waals surface area contributed by atoms with Gasteiger partial charge in [-0.15, -0.1) is 0 Å². The maximum atomic E-state index is 14.7. The quantitative estimate of drug-likeness (QED) is 0.722. The fourth-order valence-electron chi connectivity index (χ4n) is 2.77. The third-order valence-corrected chi connectivity index (χ3v) is 5.52. The van der Waals surface area contributed by atoms with Crippen LogP contribution in [0, 0.1) is 12.7 Å². The summed E-state index contributed by atoms with van der Waals surface area (Å²) < 4.78 is 42.2. The van der Waals surface area contributed by atoms with Crippen molar-refractivity contribution in [2.45, 2.75) is 13.5 Å². The Balaban J connectivity index is 2.12. The standard InChI is InChI=1S/C19H20FN3O2S/c1-14-8-9-16(17(20)12-14)19-18(15-6-4-3-5-7-15)22-13-23(19)10-11-26(24,25)21-2/h3-9,12-13,21H,10-11H2,1-2H3. The second-order valence-electron chi connectivity index (χ2n) is 6.01. The number of imidazole rings is 1. The maximum absolute atomic E-state index is 14.7. The summed E-state index contributed by atoms with van der Waals surface area (Å²) in [6.45, 7) is 1.99. The number of aromatic nitrogens is 2. The Bertz CT molecular complexity index is 1010. The van der Waals surface area contributed by atoms with Gasteiger partial charge in [-0.2, -0.15) is 0 Å². The zero-order valence-corrected chi connectivity index (χ0v) is 15.4. The molecule has 2 aromatic carbocycles. The first kappa shape index (κ1) is 18.3. The van der Waals surface area contributed by atoms with Crippen LogP contribution in [0.3, 0.4) is 0 Å². The number of hydrogen-bond donors (Lipinski definition) is 1. The number of halogens is 1. The van der Waals surface area contributed by atoms with Crippen molar-refractivity contribution in [3.8, 4) is 22.5 Å². The number of benzene rings is 2. The molecule has 7 heteroatoms. The number of nitrogens with one attached hydrogen (secondary N) is 1. The molecule has 5 nitrogen and oxygen atoms in total. The largest absolute Gasteiger partial charge is 0.329 e. The highest BCUT2D eigenvalue weighted by Gasteiger charge is 2.19. The van der Waals surface area contributed by atoms with E-state index in [1.807, 2.05) is 43.3 Å². The van der Waals surface area contributed by atoms with Crippen LogP contribution in [0.25, 0.3) is 22.5 Å². The fraction of sp³-hybridized carbons (Fsp3) is 0.211. The zero-order valence-electron chi connectivity index (χ0n) is 14.6. The molecule has 1 heterocycles. The van der Waals surface area contributed by atoms with Crippen LogP contribution < -0.4 is 4.72 Å². The van der Waals surface area contributed by atoms with Gasteiger partial charge in [0.05, 0.1) is 23.5 Å². The van der Waals surface area contributed by atoms with Gasteiger partial charge in [-0.05, 0) is 31.7 Å². The van der Waals surface area contributed by atoms with Gasteiger partial charge in [-0.25, -0.2) is 22.5 Å². The topological polar surface area (TPSA) is 64.0 Å². The highest BCUT2D eigenvalue weighted by atomic mass is 32.2. The van der Waals surface area contributed by atoms with Gasteiger partial charge >= 0.3 is 0 Å². The molecule has 0 aliphatic heterocycles. The van der Waals surface area contributed by atoms with Crippen LogP contribution in [-0.2, 0) is 16.6 Å². The molecular weight excluding hydrogens is 353 g/mol. The predicted molar refractivity (Wildman–Crippen MR) is 101 cm³/mol. The average Bonchev–Trinajstić information content (AvgIpc) is 3.05. The van der Waals surface area contributed by atoms with Crippen LogP contribution in [0.4, 0.5) is 4.39 Å². The SMILES string of the molecule is CNS(=O)(=O)CCn1cnc(-c2ccccc2)c1-c1ccc(C)cc1F. The molecule has 1 aromatic heterocycles. The minimum absolute atomic E-state index is 0.116. The Morgan fingerprint density at radius 1 is 1.15 bits per heavy atom. The second kappa shape index (κ2) is 7.39. The lowest BCUT2D eigenvalue weighted by Crippen LogP contribution is -2.24. The summed E-state index contributed by atoms with van der Waals surface area (Å²) in [6.07, 6.45) is 1.56. The summed E-state index contributed by atoms with van der Waals surface area (Å²) in [5.41, 5.74) is 3.25. The fourth-order valence-corrected chi connectivity index (χ4v) is 3.42. The van der Waals surface area contributed by atoms with Crippen LogP contribution in [0.15, 0.2) is 54.9 Å². The van der Waals surface area contributed by atoms with E-state index >= 15 is 0 Å². The Hall–Kier alpha value is -2.51. The van der Waals surface area contributed by atoms with Crippen molar-refractivity contribution < 1.29 is 12.8 Å². The van der Waals surface area contributed by atoms with Gasteiger partial charge < -0.3 is 4.57 Å².